The topological polar surface area (TPSA) is 41.6 Å². The van der Waals surface area contributed by atoms with E-state index in [0.717, 1.165) is 19.4 Å². The molecule has 0 aliphatic carbocycles. The normalized spacial score (nSPS) is 19.2. The summed E-state index contributed by atoms with van der Waals surface area (Å²) in [5.74, 6) is -0.351. The minimum Gasteiger partial charge on any atom is -0.478 e. The first kappa shape index (κ1) is 18.7. The lowest BCUT2D eigenvalue weighted by Crippen LogP contribution is -2.51. The number of nitrogens with one attached hydrogen (secondary N) is 1. The summed E-state index contributed by atoms with van der Waals surface area (Å²) >= 11 is 0. The Morgan fingerprint density at radius 2 is 2.23 bits per heavy atom. The van der Waals surface area contributed by atoms with Crippen LogP contribution in [0.15, 0.2) is 24.3 Å². The SMILES string of the molecule is CCC(Oc1ccccc1F)C(=O)N1CCCC(NC)C1.Cl. The Labute approximate surface area is 137 Å². The van der Waals surface area contributed by atoms with Crippen LogP contribution in [0.3, 0.4) is 0 Å². The van der Waals surface area contributed by atoms with E-state index in [1.165, 1.54) is 6.07 Å². The Bertz CT molecular complexity index is 487. The number of likely N-dealkylation sites (N-methyl/N-ethyl adjacent to an activating group) is 1. The summed E-state index contributed by atoms with van der Waals surface area (Å²) < 4.78 is 19.2. The molecule has 0 radical (unpaired) electrons. The van der Waals surface area contributed by atoms with Gasteiger partial charge in [-0.25, -0.2) is 4.39 Å². The first-order valence-electron chi connectivity index (χ1n) is 7.53. The fraction of sp³-hybridized carbons (Fsp3) is 0.562. The van der Waals surface area contributed by atoms with E-state index in [-0.39, 0.29) is 24.1 Å². The van der Waals surface area contributed by atoms with E-state index < -0.39 is 11.9 Å². The third-order valence-electron chi connectivity index (χ3n) is 3.89. The van der Waals surface area contributed by atoms with Crippen molar-refractivity contribution in [3.05, 3.63) is 30.1 Å². The number of piperidine rings is 1. The van der Waals surface area contributed by atoms with Gasteiger partial charge in [0.2, 0.25) is 0 Å². The van der Waals surface area contributed by atoms with Gasteiger partial charge in [-0.1, -0.05) is 19.1 Å². The average molecular weight is 331 g/mol. The molecular weight excluding hydrogens is 307 g/mol. The van der Waals surface area contributed by atoms with E-state index in [4.69, 9.17) is 4.74 Å². The van der Waals surface area contributed by atoms with Gasteiger partial charge in [0.15, 0.2) is 17.7 Å². The minimum absolute atomic E-state index is 0. The second kappa shape index (κ2) is 8.96. The lowest BCUT2D eigenvalue weighted by molar-refractivity contribution is -0.140. The maximum Gasteiger partial charge on any atom is 0.263 e. The van der Waals surface area contributed by atoms with Gasteiger partial charge in [-0.15, -0.1) is 12.4 Å². The number of ether oxygens (including phenoxy) is 1. The molecule has 2 unspecified atom stereocenters. The van der Waals surface area contributed by atoms with Crippen LogP contribution in [0.25, 0.3) is 0 Å². The number of benzene rings is 1. The van der Waals surface area contributed by atoms with Gasteiger partial charge in [0, 0.05) is 19.1 Å². The van der Waals surface area contributed by atoms with Gasteiger partial charge in [-0.2, -0.15) is 0 Å². The molecule has 0 saturated carbocycles. The van der Waals surface area contributed by atoms with Crippen LogP contribution in [-0.2, 0) is 4.79 Å². The number of nitrogens with zero attached hydrogens (tertiary/aromatic N) is 1. The molecule has 0 bridgehead atoms. The van der Waals surface area contributed by atoms with Crippen molar-refractivity contribution < 1.29 is 13.9 Å². The average Bonchev–Trinajstić information content (AvgIpc) is 2.53. The van der Waals surface area contributed by atoms with Crippen molar-refractivity contribution in [1.82, 2.24) is 10.2 Å². The number of rotatable bonds is 5. The van der Waals surface area contributed by atoms with Crippen molar-refractivity contribution in [3.8, 4) is 5.75 Å². The zero-order valence-electron chi connectivity index (χ0n) is 13.0. The quantitative estimate of drug-likeness (QED) is 0.902. The fourth-order valence-corrected chi connectivity index (χ4v) is 2.62. The maximum atomic E-state index is 13.6. The monoisotopic (exact) mass is 330 g/mol. The molecule has 2 atom stereocenters. The van der Waals surface area contributed by atoms with Crippen LogP contribution in [0.1, 0.15) is 26.2 Å². The number of hydrogen-bond donors (Lipinski definition) is 1. The van der Waals surface area contributed by atoms with E-state index in [2.05, 4.69) is 5.32 Å². The van der Waals surface area contributed by atoms with Gasteiger partial charge in [0.05, 0.1) is 0 Å². The highest BCUT2D eigenvalue weighted by molar-refractivity contribution is 5.85. The van der Waals surface area contributed by atoms with Crippen LogP contribution in [0.5, 0.6) is 5.75 Å². The summed E-state index contributed by atoms with van der Waals surface area (Å²) in [6, 6.07) is 6.52. The van der Waals surface area contributed by atoms with Crippen LogP contribution in [-0.4, -0.2) is 43.1 Å². The molecule has 1 heterocycles. The molecule has 0 aromatic heterocycles. The summed E-state index contributed by atoms with van der Waals surface area (Å²) in [4.78, 5) is 14.4. The predicted octanol–water partition coefficient (Wildman–Crippen LogP) is 2.62. The number of carbonyl (C=O) groups is 1. The maximum absolute atomic E-state index is 13.6. The predicted molar refractivity (Wildman–Crippen MR) is 87.0 cm³/mol. The standard InChI is InChI=1S/C16H23FN2O2.ClH/c1-3-14(21-15-9-5-4-8-13(15)17)16(20)19-10-6-7-12(11-19)18-2;/h4-5,8-9,12,14,18H,3,6-7,10-11H2,1-2H3;1H. The van der Waals surface area contributed by atoms with Gasteiger partial charge >= 0.3 is 0 Å². The Balaban J connectivity index is 0.00000242. The van der Waals surface area contributed by atoms with E-state index in [1.54, 1.807) is 18.2 Å². The summed E-state index contributed by atoms with van der Waals surface area (Å²) in [6.45, 7) is 3.31. The second-order valence-electron chi connectivity index (χ2n) is 5.36. The molecular formula is C16H24ClFN2O2. The molecule has 1 saturated heterocycles. The number of hydrogen-bond acceptors (Lipinski definition) is 3. The van der Waals surface area contributed by atoms with Gasteiger partial charge in [-0.3, -0.25) is 4.79 Å². The molecule has 1 N–H and O–H groups in total. The van der Waals surface area contributed by atoms with Crippen LogP contribution in [0.2, 0.25) is 0 Å². The molecule has 0 spiro atoms. The Morgan fingerprint density at radius 3 is 2.86 bits per heavy atom. The van der Waals surface area contributed by atoms with E-state index in [0.29, 0.717) is 19.0 Å². The summed E-state index contributed by atoms with van der Waals surface area (Å²) in [7, 11) is 1.91. The lowest BCUT2D eigenvalue weighted by atomic mass is 10.0. The van der Waals surface area contributed by atoms with Gasteiger partial charge in [0.1, 0.15) is 0 Å². The Kier molecular flexibility index (Phi) is 7.62. The molecule has 1 amide bonds. The first-order chi connectivity index (χ1) is 10.2. The molecule has 1 aromatic rings. The molecule has 6 heteroatoms. The molecule has 1 aliphatic rings. The van der Waals surface area contributed by atoms with Crippen molar-refractivity contribution >= 4 is 18.3 Å². The number of amides is 1. The molecule has 1 aromatic carbocycles. The van der Waals surface area contributed by atoms with Crippen molar-refractivity contribution in [3.63, 3.8) is 0 Å². The van der Waals surface area contributed by atoms with Gasteiger partial charge in [-0.05, 0) is 38.4 Å². The molecule has 1 fully saturated rings. The van der Waals surface area contributed by atoms with Crippen LogP contribution >= 0.6 is 12.4 Å². The third-order valence-corrected chi connectivity index (χ3v) is 3.89. The van der Waals surface area contributed by atoms with Gasteiger partial charge in [0.25, 0.3) is 5.91 Å². The fourth-order valence-electron chi connectivity index (χ4n) is 2.62. The summed E-state index contributed by atoms with van der Waals surface area (Å²) in [5.41, 5.74) is 0. The Hall–Kier alpha value is -1.33. The molecule has 124 valence electrons. The molecule has 4 nitrogen and oxygen atoms in total. The number of likely N-dealkylation sites (tertiary alicyclic amines) is 1. The van der Waals surface area contributed by atoms with E-state index >= 15 is 0 Å². The Morgan fingerprint density at radius 1 is 1.50 bits per heavy atom. The smallest absolute Gasteiger partial charge is 0.263 e. The summed E-state index contributed by atoms with van der Waals surface area (Å²) in [6.07, 6.45) is 1.95. The highest BCUT2D eigenvalue weighted by atomic mass is 35.5. The van der Waals surface area contributed by atoms with Crippen LogP contribution < -0.4 is 10.1 Å². The lowest BCUT2D eigenvalue weighted by Gasteiger charge is -2.34. The zero-order chi connectivity index (χ0) is 15.2. The second-order valence-corrected chi connectivity index (χ2v) is 5.36. The highest BCUT2D eigenvalue weighted by Gasteiger charge is 2.29. The number of para-hydroxylation sites is 1. The van der Waals surface area contributed by atoms with Gasteiger partial charge < -0.3 is 15.0 Å². The number of halogens is 2. The van der Waals surface area contributed by atoms with Crippen molar-refractivity contribution in [2.75, 3.05) is 20.1 Å². The summed E-state index contributed by atoms with van der Waals surface area (Å²) in [5, 5.41) is 3.21. The zero-order valence-corrected chi connectivity index (χ0v) is 13.9. The third kappa shape index (κ3) is 4.58. The highest BCUT2D eigenvalue weighted by Crippen LogP contribution is 2.20. The van der Waals surface area contributed by atoms with E-state index in [1.807, 2.05) is 18.9 Å². The molecule has 2 rings (SSSR count). The number of carbonyl (C=O) groups excluding carboxylic acids is 1. The van der Waals surface area contributed by atoms with E-state index in [9.17, 15) is 9.18 Å². The minimum atomic E-state index is -0.627. The largest absolute Gasteiger partial charge is 0.478 e. The van der Waals surface area contributed by atoms with Crippen molar-refractivity contribution in [1.29, 1.82) is 0 Å². The molecule has 22 heavy (non-hydrogen) atoms. The first-order valence-corrected chi connectivity index (χ1v) is 7.53. The van der Waals surface area contributed by atoms with Crippen LogP contribution in [0, 0.1) is 5.82 Å². The van der Waals surface area contributed by atoms with Crippen LogP contribution in [0.4, 0.5) is 4.39 Å². The van der Waals surface area contributed by atoms with Crippen molar-refractivity contribution in [2.45, 2.75) is 38.3 Å². The van der Waals surface area contributed by atoms with Crippen molar-refractivity contribution in [2.24, 2.45) is 0 Å². The molecule has 1 aliphatic heterocycles.